The summed E-state index contributed by atoms with van der Waals surface area (Å²) in [5, 5.41) is 0.874. The maximum absolute atomic E-state index is 13.2. The van der Waals surface area contributed by atoms with Gasteiger partial charge in [0.25, 0.3) is 5.91 Å². The van der Waals surface area contributed by atoms with Gasteiger partial charge in [-0.2, -0.15) is 0 Å². The molecule has 1 aromatic carbocycles. The number of nitrogens with zero attached hydrogens (tertiary/aromatic N) is 3. The van der Waals surface area contributed by atoms with E-state index in [0.717, 1.165) is 40.4 Å². The van der Waals surface area contributed by atoms with Gasteiger partial charge in [-0.25, -0.2) is 4.98 Å². The second kappa shape index (κ2) is 8.84. The zero-order chi connectivity index (χ0) is 20.2. The summed E-state index contributed by atoms with van der Waals surface area (Å²) in [6.07, 6.45) is 3.73. The lowest BCUT2D eigenvalue weighted by Crippen LogP contribution is -2.42. The van der Waals surface area contributed by atoms with Crippen molar-refractivity contribution in [3.63, 3.8) is 0 Å². The number of hydrogen-bond donors (Lipinski definition) is 0. The molecule has 3 heterocycles. The van der Waals surface area contributed by atoms with Crippen molar-refractivity contribution in [2.75, 3.05) is 19.7 Å². The number of amides is 1. The Bertz CT molecular complexity index is 987. The van der Waals surface area contributed by atoms with Crippen molar-refractivity contribution in [2.24, 2.45) is 0 Å². The normalized spacial score (nSPS) is 16.8. The van der Waals surface area contributed by atoms with Gasteiger partial charge in [-0.05, 0) is 31.0 Å². The number of hydrogen-bond acceptors (Lipinski definition) is 5. The monoisotopic (exact) mass is 407 g/mol. The molecule has 0 saturated carbocycles. The van der Waals surface area contributed by atoms with Gasteiger partial charge in [0.05, 0.1) is 18.8 Å². The molecule has 29 heavy (non-hydrogen) atoms. The van der Waals surface area contributed by atoms with Gasteiger partial charge in [-0.3, -0.25) is 9.78 Å². The highest BCUT2D eigenvalue weighted by atomic mass is 32.1. The smallest absolute Gasteiger partial charge is 0.266 e. The molecule has 0 aliphatic carbocycles. The van der Waals surface area contributed by atoms with Crippen LogP contribution in [0.25, 0.3) is 10.6 Å². The van der Waals surface area contributed by atoms with Crippen LogP contribution in [0.1, 0.15) is 46.1 Å². The van der Waals surface area contributed by atoms with Gasteiger partial charge < -0.3 is 9.64 Å². The number of carbonyl (C=O) groups excluding carboxylic acids is 1. The van der Waals surface area contributed by atoms with Gasteiger partial charge in [0.1, 0.15) is 16.0 Å². The highest BCUT2D eigenvalue weighted by Gasteiger charge is 2.28. The third-order valence-corrected chi connectivity index (χ3v) is 6.28. The van der Waals surface area contributed by atoms with E-state index in [0.29, 0.717) is 24.6 Å². The molecule has 3 aromatic rings. The van der Waals surface area contributed by atoms with Gasteiger partial charge in [-0.15, -0.1) is 11.3 Å². The fourth-order valence-electron chi connectivity index (χ4n) is 3.57. The summed E-state index contributed by atoms with van der Waals surface area (Å²) >= 11 is 1.47. The van der Waals surface area contributed by atoms with Gasteiger partial charge in [-0.1, -0.05) is 43.7 Å². The van der Waals surface area contributed by atoms with Crippen molar-refractivity contribution in [1.29, 1.82) is 0 Å². The molecule has 0 bridgehead atoms. The van der Waals surface area contributed by atoms with Crippen molar-refractivity contribution in [1.82, 2.24) is 14.9 Å². The van der Waals surface area contributed by atoms with Crippen molar-refractivity contribution in [3.8, 4) is 10.6 Å². The molecular formula is C23H25N3O2S. The first-order chi connectivity index (χ1) is 14.2. The average molecular weight is 408 g/mol. The molecule has 0 unspecified atom stereocenters. The first kappa shape index (κ1) is 19.7. The minimum Gasteiger partial charge on any atom is -0.370 e. The van der Waals surface area contributed by atoms with Gasteiger partial charge >= 0.3 is 0 Å². The average Bonchev–Trinajstić information content (AvgIpc) is 3.16. The van der Waals surface area contributed by atoms with E-state index in [9.17, 15) is 4.79 Å². The lowest BCUT2D eigenvalue weighted by Gasteiger charge is -2.33. The maximum Gasteiger partial charge on any atom is 0.266 e. The number of thiazole rings is 1. The fourth-order valence-corrected chi connectivity index (χ4v) is 4.60. The zero-order valence-corrected chi connectivity index (χ0v) is 17.6. The number of ether oxygens (including phenoxy) is 1. The lowest BCUT2D eigenvalue weighted by atomic mass is 10.1. The van der Waals surface area contributed by atoms with Crippen LogP contribution in [0.5, 0.6) is 0 Å². The van der Waals surface area contributed by atoms with Crippen LogP contribution in [-0.4, -0.2) is 40.5 Å². The minimum atomic E-state index is -0.0848. The molecule has 1 saturated heterocycles. The van der Waals surface area contributed by atoms with Crippen LogP contribution < -0.4 is 0 Å². The zero-order valence-electron chi connectivity index (χ0n) is 16.8. The van der Waals surface area contributed by atoms with Crippen molar-refractivity contribution in [2.45, 2.75) is 32.8 Å². The summed E-state index contributed by atoms with van der Waals surface area (Å²) < 4.78 is 5.91. The van der Waals surface area contributed by atoms with Crippen molar-refractivity contribution in [3.05, 3.63) is 70.5 Å². The highest BCUT2D eigenvalue weighted by molar-refractivity contribution is 7.17. The van der Waals surface area contributed by atoms with Crippen LogP contribution in [0.4, 0.5) is 0 Å². The molecule has 0 N–H and O–H groups in total. The number of rotatable bonds is 5. The fraction of sp³-hybridized carbons (Fsp3) is 0.348. The van der Waals surface area contributed by atoms with E-state index in [1.165, 1.54) is 11.3 Å². The van der Waals surface area contributed by atoms with Crippen molar-refractivity contribution >= 4 is 17.2 Å². The first-order valence-electron chi connectivity index (χ1n) is 10.0. The van der Waals surface area contributed by atoms with Crippen LogP contribution in [0, 0.1) is 6.92 Å². The third kappa shape index (κ3) is 4.38. The van der Waals surface area contributed by atoms with Gasteiger partial charge in [0.15, 0.2) is 0 Å². The molecule has 6 heteroatoms. The maximum atomic E-state index is 13.2. The number of aromatic nitrogens is 2. The van der Waals surface area contributed by atoms with E-state index in [1.54, 1.807) is 0 Å². The van der Waals surface area contributed by atoms with E-state index in [2.05, 4.69) is 23.0 Å². The van der Waals surface area contributed by atoms with Crippen LogP contribution in [-0.2, 0) is 11.2 Å². The topological polar surface area (TPSA) is 55.3 Å². The molecule has 4 rings (SSSR count). The summed E-state index contributed by atoms with van der Waals surface area (Å²) in [4.78, 5) is 24.9. The second-order valence-corrected chi connectivity index (χ2v) is 8.24. The van der Waals surface area contributed by atoms with E-state index in [4.69, 9.17) is 4.74 Å². The summed E-state index contributed by atoms with van der Waals surface area (Å²) in [5.74, 6) is 0.0401. The predicted octanol–water partition coefficient (Wildman–Crippen LogP) is 4.68. The Balaban J connectivity index is 1.54. The van der Waals surface area contributed by atoms with Crippen molar-refractivity contribution < 1.29 is 9.53 Å². The Hall–Kier alpha value is -2.57. The largest absolute Gasteiger partial charge is 0.370 e. The minimum absolute atomic E-state index is 0.0401. The van der Waals surface area contributed by atoms with Crippen LogP contribution in [0.15, 0.2) is 48.7 Å². The van der Waals surface area contributed by atoms with Gasteiger partial charge in [0.2, 0.25) is 0 Å². The van der Waals surface area contributed by atoms with Crippen LogP contribution in [0.2, 0.25) is 0 Å². The SMILES string of the molecule is CCCc1cc(-c2nc(C)c(C(=O)N3CCO[C@@H](c4ccccc4)C3)s2)ccn1. The molecular weight excluding hydrogens is 382 g/mol. The molecule has 1 fully saturated rings. The van der Waals surface area contributed by atoms with Gasteiger partial charge in [0, 0.05) is 24.0 Å². The Kier molecular flexibility index (Phi) is 6.02. The van der Waals surface area contributed by atoms with Crippen LogP contribution >= 0.6 is 11.3 Å². The number of pyridine rings is 1. The molecule has 2 aromatic heterocycles. The molecule has 1 aliphatic rings. The Labute approximate surface area is 175 Å². The van der Waals surface area contributed by atoms with E-state index in [-0.39, 0.29) is 12.0 Å². The van der Waals surface area contributed by atoms with E-state index < -0.39 is 0 Å². The number of benzene rings is 1. The van der Waals surface area contributed by atoms with E-state index in [1.807, 2.05) is 54.4 Å². The molecule has 1 atom stereocenters. The highest BCUT2D eigenvalue weighted by Crippen LogP contribution is 2.30. The number of morpholine rings is 1. The first-order valence-corrected chi connectivity index (χ1v) is 10.9. The quantitative estimate of drug-likeness (QED) is 0.616. The summed E-state index contributed by atoms with van der Waals surface area (Å²) in [6.45, 7) is 5.76. The summed E-state index contributed by atoms with van der Waals surface area (Å²) in [5.41, 5.74) is 3.97. The predicted molar refractivity (Wildman–Crippen MR) is 115 cm³/mol. The summed E-state index contributed by atoms with van der Waals surface area (Å²) in [7, 11) is 0. The summed E-state index contributed by atoms with van der Waals surface area (Å²) in [6, 6.07) is 14.1. The molecule has 150 valence electrons. The number of aryl methyl sites for hydroxylation is 2. The molecule has 1 aliphatic heterocycles. The Morgan fingerprint density at radius 2 is 2.10 bits per heavy atom. The lowest BCUT2D eigenvalue weighted by molar-refractivity contribution is -0.0226. The Morgan fingerprint density at radius 1 is 1.28 bits per heavy atom. The third-order valence-electron chi connectivity index (χ3n) is 5.09. The van der Waals surface area contributed by atoms with E-state index >= 15 is 0 Å². The standard InChI is InChI=1S/C23H25N3O2S/c1-3-7-19-14-18(10-11-24-19)22-25-16(2)21(29-22)23(27)26-12-13-28-20(15-26)17-8-5-4-6-9-17/h4-6,8-11,14,20H,3,7,12-13,15H2,1-2H3/t20-/m1/s1. The second-order valence-electron chi connectivity index (χ2n) is 7.24. The Morgan fingerprint density at radius 3 is 2.90 bits per heavy atom. The van der Waals surface area contributed by atoms with Crippen LogP contribution in [0.3, 0.4) is 0 Å². The molecule has 0 radical (unpaired) electrons. The molecule has 1 amide bonds. The molecule has 0 spiro atoms. The molecule has 5 nitrogen and oxygen atoms in total. The number of carbonyl (C=O) groups is 1.